The normalized spacial score (nSPS) is 10.9. The number of nitrogens with zero attached hydrogens (tertiary/aromatic N) is 1. The van der Waals surface area contributed by atoms with E-state index in [-0.39, 0.29) is 5.91 Å². The highest BCUT2D eigenvalue weighted by Gasteiger charge is 2.16. The van der Waals surface area contributed by atoms with Crippen molar-refractivity contribution in [3.05, 3.63) is 83.1 Å². The number of benzene rings is 2. The number of aromatic nitrogens is 1. The highest BCUT2D eigenvalue weighted by molar-refractivity contribution is 6.13. The van der Waals surface area contributed by atoms with Gasteiger partial charge in [0.05, 0.1) is 11.1 Å². The van der Waals surface area contributed by atoms with Gasteiger partial charge < -0.3 is 9.73 Å². The first-order valence-electron chi connectivity index (χ1n) is 8.87. The van der Waals surface area contributed by atoms with E-state index in [0.717, 1.165) is 33.5 Å². The summed E-state index contributed by atoms with van der Waals surface area (Å²) in [5, 5.41) is 3.89. The first-order valence-corrected chi connectivity index (χ1v) is 8.87. The molecule has 2 heterocycles. The number of pyridine rings is 1. The van der Waals surface area contributed by atoms with E-state index in [9.17, 15) is 4.79 Å². The SMILES string of the molecule is Cc1ccc(-c2cc(C(=O)Nc3c(C)cccc3C)c3ccccc3n2)o1. The van der Waals surface area contributed by atoms with Crippen LogP contribution in [0.4, 0.5) is 5.69 Å². The average Bonchev–Trinajstić information content (AvgIpc) is 3.10. The lowest BCUT2D eigenvalue weighted by Crippen LogP contribution is -2.14. The lowest BCUT2D eigenvalue weighted by atomic mass is 10.0. The van der Waals surface area contributed by atoms with Gasteiger partial charge in [-0.1, -0.05) is 36.4 Å². The molecule has 4 rings (SSSR count). The van der Waals surface area contributed by atoms with Crippen molar-refractivity contribution in [2.24, 2.45) is 0 Å². The van der Waals surface area contributed by atoms with Crippen molar-refractivity contribution in [1.82, 2.24) is 4.98 Å². The largest absolute Gasteiger partial charge is 0.460 e. The third kappa shape index (κ3) is 3.22. The number of para-hydroxylation sites is 2. The molecule has 0 aliphatic carbocycles. The summed E-state index contributed by atoms with van der Waals surface area (Å²) in [6, 6.07) is 19.2. The monoisotopic (exact) mass is 356 g/mol. The van der Waals surface area contributed by atoms with Crippen LogP contribution in [-0.4, -0.2) is 10.9 Å². The second kappa shape index (κ2) is 6.72. The molecule has 0 spiro atoms. The lowest BCUT2D eigenvalue weighted by Gasteiger charge is -2.13. The minimum Gasteiger partial charge on any atom is -0.460 e. The number of anilines is 1. The van der Waals surface area contributed by atoms with Gasteiger partial charge in [-0.05, 0) is 56.2 Å². The fraction of sp³-hybridized carbons (Fsp3) is 0.130. The molecule has 4 nitrogen and oxygen atoms in total. The molecule has 4 heteroatoms. The number of furan rings is 1. The summed E-state index contributed by atoms with van der Waals surface area (Å²) >= 11 is 0. The quantitative estimate of drug-likeness (QED) is 0.514. The predicted octanol–water partition coefficient (Wildman–Crippen LogP) is 5.67. The third-order valence-corrected chi connectivity index (χ3v) is 4.67. The molecular weight excluding hydrogens is 336 g/mol. The van der Waals surface area contributed by atoms with E-state index in [1.807, 2.05) is 75.4 Å². The Labute approximate surface area is 157 Å². The number of carbonyl (C=O) groups is 1. The molecule has 0 bridgehead atoms. The van der Waals surface area contributed by atoms with Crippen LogP contribution in [0.5, 0.6) is 0 Å². The maximum absolute atomic E-state index is 13.2. The van der Waals surface area contributed by atoms with Crippen LogP contribution in [-0.2, 0) is 0 Å². The van der Waals surface area contributed by atoms with E-state index in [2.05, 4.69) is 10.3 Å². The maximum Gasteiger partial charge on any atom is 0.256 e. The second-order valence-corrected chi connectivity index (χ2v) is 6.70. The zero-order valence-electron chi connectivity index (χ0n) is 15.5. The molecule has 0 aliphatic heterocycles. The van der Waals surface area contributed by atoms with Gasteiger partial charge in [0, 0.05) is 11.1 Å². The van der Waals surface area contributed by atoms with Crippen LogP contribution in [0.1, 0.15) is 27.2 Å². The highest BCUT2D eigenvalue weighted by Crippen LogP contribution is 2.28. The van der Waals surface area contributed by atoms with Crippen LogP contribution in [0.3, 0.4) is 0 Å². The first-order chi connectivity index (χ1) is 13.0. The summed E-state index contributed by atoms with van der Waals surface area (Å²) in [5.41, 5.74) is 4.89. The van der Waals surface area contributed by atoms with E-state index < -0.39 is 0 Å². The van der Waals surface area contributed by atoms with Gasteiger partial charge in [-0.25, -0.2) is 4.98 Å². The Balaban J connectivity index is 1.83. The third-order valence-electron chi connectivity index (χ3n) is 4.67. The number of fused-ring (bicyclic) bond motifs is 1. The van der Waals surface area contributed by atoms with Gasteiger partial charge in [-0.2, -0.15) is 0 Å². The number of rotatable bonds is 3. The highest BCUT2D eigenvalue weighted by atomic mass is 16.3. The molecule has 4 aromatic rings. The summed E-state index contributed by atoms with van der Waals surface area (Å²) in [6.45, 7) is 5.87. The van der Waals surface area contributed by atoms with Crippen LogP contribution in [0.2, 0.25) is 0 Å². The molecular formula is C23H20N2O2. The Kier molecular flexibility index (Phi) is 4.24. The minimum absolute atomic E-state index is 0.157. The van der Waals surface area contributed by atoms with Crippen molar-refractivity contribution < 1.29 is 9.21 Å². The van der Waals surface area contributed by atoms with E-state index in [1.54, 1.807) is 6.07 Å². The van der Waals surface area contributed by atoms with Crippen LogP contribution in [0.25, 0.3) is 22.4 Å². The Hall–Kier alpha value is -3.40. The van der Waals surface area contributed by atoms with Crippen molar-refractivity contribution in [1.29, 1.82) is 0 Å². The molecule has 0 radical (unpaired) electrons. The molecule has 2 aromatic carbocycles. The van der Waals surface area contributed by atoms with Gasteiger partial charge in [-0.15, -0.1) is 0 Å². The lowest BCUT2D eigenvalue weighted by molar-refractivity contribution is 0.102. The number of hydrogen-bond donors (Lipinski definition) is 1. The average molecular weight is 356 g/mol. The van der Waals surface area contributed by atoms with Crippen molar-refractivity contribution in [2.75, 3.05) is 5.32 Å². The number of nitrogens with one attached hydrogen (secondary N) is 1. The Morgan fingerprint density at radius 3 is 2.37 bits per heavy atom. The van der Waals surface area contributed by atoms with Gasteiger partial charge in [0.25, 0.3) is 5.91 Å². The van der Waals surface area contributed by atoms with Crippen LogP contribution in [0.15, 0.2) is 65.1 Å². The standard InChI is InChI=1S/C23H20N2O2/c1-14-7-6-8-15(2)22(14)25-23(26)18-13-20(21-12-11-16(3)27-21)24-19-10-5-4-9-17(18)19/h4-13H,1-3H3,(H,25,26). The zero-order valence-corrected chi connectivity index (χ0v) is 15.5. The summed E-state index contributed by atoms with van der Waals surface area (Å²) < 4.78 is 5.72. The number of amides is 1. The van der Waals surface area contributed by atoms with E-state index in [0.29, 0.717) is 17.0 Å². The number of carbonyl (C=O) groups excluding carboxylic acids is 1. The molecule has 1 amide bonds. The first kappa shape index (κ1) is 17.0. The topological polar surface area (TPSA) is 55.1 Å². The molecule has 0 atom stereocenters. The van der Waals surface area contributed by atoms with Gasteiger partial charge in [0.2, 0.25) is 0 Å². The molecule has 2 aromatic heterocycles. The number of aryl methyl sites for hydroxylation is 3. The molecule has 0 fully saturated rings. The second-order valence-electron chi connectivity index (χ2n) is 6.70. The molecule has 0 unspecified atom stereocenters. The van der Waals surface area contributed by atoms with E-state index in [4.69, 9.17) is 4.42 Å². The summed E-state index contributed by atoms with van der Waals surface area (Å²) in [4.78, 5) is 17.8. The molecule has 0 saturated heterocycles. The Bertz CT molecular complexity index is 1140. The summed E-state index contributed by atoms with van der Waals surface area (Å²) in [5.74, 6) is 1.30. The zero-order chi connectivity index (χ0) is 19.0. The Morgan fingerprint density at radius 2 is 1.67 bits per heavy atom. The van der Waals surface area contributed by atoms with Gasteiger partial charge >= 0.3 is 0 Å². The van der Waals surface area contributed by atoms with Crippen LogP contribution in [0, 0.1) is 20.8 Å². The molecule has 1 N–H and O–H groups in total. The molecule has 0 saturated carbocycles. The summed E-state index contributed by atoms with van der Waals surface area (Å²) in [7, 11) is 0. The van der Waals surface area contributed by atoms with E-state index >= 15 is 0 Å². The van der Waals surface area contributed by atoms with Crippen molar-refractivity contribution in [3.63, 3.8) is 0 Å². The van der Waals surface area contributed by atoms with Crippen molar-refractivity contribution >= 4 is 22.5 Å². The van der Waals surface area contributed by atoms with Crippen LogP contribution < -0.4 is 5.32 Å². The molecule has 27 heavy (non-hydrogen) atoms. The Morgan fingerprint density at radius 1 is 0.926 bits per heavy atom. The molecule has 134 valence electrons. The van der Waals surface area contributed by atoms with Gasteiger partial charge in [-0.3, -0.25) is 4.79 Å². The fourth-order valence-electron chi connectivity index (χ4n) is 3.25. The van der Waals surface area contributed by atoms with Crippen molar-refractivity contribution in [2.45, 2.75) is 20.8 Å². The van der Waals surface area contributed by atoms with E-state index in [1.165, 1.54) is 0 Å². The minimum atomic E-state index is -0.157. The van der Waals surface area contributed by atoms with Gasteiger partial charge in [0.15, 0.2) is 5.76 Å². The smallest absolute Gasteiger partial charge is 0.256 e. The van der Waals surface area contributed by atoms with Crippen LogP contribution >= 0.6 is 0 Å². The van der Waals surface area contributed by atoms with Crippen molar-refractivity contribution in [3.8, 4) is 11.5 Å². The van der Waals surface area contributed by atoms with Gasteiger partial charge in [0.1, 0.15) is 11.5 Å². The summed E-state index contributed by atoms with van der Waals surface area (Å²) in [6.07, 6.45) is 0. The molecule has 0 aliphatic rings. The predicted molar refractivity (Wildman–Crippen MR) is 108 cm³/mol. The number of hydrogen-bond acceptors (Lipinski definition) is 3. The maximum atomic E-state index is 13.2. The fourth-order valence-corrected chi connectivity index (χ4v) is 3.25.